The van der Waals surface area contributed by atoms with Gasteiger partial charge >= 0.3 is 0 Å². The minimum Gasteiger partial charge on any atom is -0.508 e. The quantitative estimate of drug-likeness (QED) is 0.880. The summed E-state index contributed by atoms with van der Waals surface area (Å²) in [6.07, 6.45) is 2.50. The Hall–Kier alpha value is -1.82. The molecule has 0 aliphatic rings. The number of aryl methyl sites for hydroxylation is 1. The van der Waals surface area contributed by atoms with Crippen LogP contribution in [0, 0.1) is 0 Å². The zero-order valence-electron chi connectivity index (χ0n) is 11.1. The minimum absolute atomic E-state index is 0.137. The van der Waals surface area contributed by atoms with E-state index < -0.39 is 0 Å². The molecule has 2 N–H and O–H groups in total. The van der Waals surface area contributed by atoms with E-state index in [0.29, 0.717) is 23.2 Å². The number of rotatable bonds is 5. The molecule has 2 rings (SSSR count). The SMILES string of the molecule is CCCn1ncc(NCc2ccc(O)cc2)c(Br)c1=O. The topological polar surface area (TPSA) is 67.2 Å². The Morgan fingerprint density at radius 1 is 1.35 bits per heavy atom. The van der Waals surface area contributed by atoms with Crippen molar-refractivity contribution in [2.75, 3.05) is 5.32 Å². The fourth-order valence-electron chi connectivity index (χ4n) is 1.77. The third-order valence-corrected chi connectivity index (χ3v) is 3.61. The number of anilines is 1. The number of halogens is 1. The van der Waals surface area contributed by atoms with E-state index in [0.717, 1.165) is 12.0 Å². The fraction of sp³-hybridized carbons (Fsp3) is 0.286. The van der Waals surface area contributed by atoms with Crippen LogP contribution in [0.5, 0.6) is 5.75 Å². The molecule has 20 heavy (non-hydrogen) atoms. The maximum absolute atomic E-state index is 12.0. The van der Waals surface area contributed by atoms with Crippen molar-refractivity contribution in [1.82, 2.24) is 9.78 Å². The number of phenolic OH excluding ortho intramolecular Hbond substituents is 1. The number of nitrogens with zero attached hydrogens (tertiary/aromatic N) is 2. The van der Waals surface area contributed by atoms with Crippen LogP contribution >= 0.6 is 15.9 Å². The number of hydrogen-bond acceptors (Lipinski definition) is 4. The van der Waals surface area contributed by atoms with Gasteiger partial charge in [-0.1, -0.05) is 19.1 Å². The third kappa shape index (κ3) is 3.39. The Bertz CT molecular complexity index is 638. The first-order chi connectivity index (χ1) is 9.61. The summed E-state index contributed by atoms with van der Waals surface area (Å²) in [5.74, 6) is 0.235. The Morgan fingerprint density at radius 2 is 2.05 bits per heavy atom. The first-order valence-electron chi connectivity index (χ1n) is 6.39. The van der Waals surface area contributed by atoms with Crippen LogP contribution < -0.4 is 10.9 Å². The van der Waals surface area contributed by atoms with E-state index in [2.05, 4.69) is 26.3 Å². The summed E-state index contributed by atoms with van der Waals surface area (Å²) >= 11 is 3.31. The minimum atomic E-state index is -0.137. The largest absolute Gasteiger partial charge is 0.508 e. The molecule has 0 aliphatic carbocycles. The second kappa shape index (κ2) is 6.56. The first-order valence-corrected chi connectivity index (χ1v) is 7.18. The van der Waals surface area contributed by atoms with Crippen molar-refractivity contribution in [3.8, 4) is 5.75 Å². The molecule has 106 valence electrons. The van der Waals surface area contributed by atoms with Gasteiger partial charge in [0, 0.05) is 13.1 Å². The molecule has 2 aromatic rings. The molecule has 0 atom stereocenters. The average Bonchev–Trinajstić information content (AvgIpc) is 2.45. The van der Waals surface area contributed by atoms with Gasteiger partial charge in [-0.3, -0.25) is 4.79 Å². The predicted octanol–water partition coefficient (Wildman–Crippen LogP) is 2.73. The van der Waals surface area contributed by atoms with Gasteiger partial charge in [-0.15, -0.1) is 0 Å². The molecular weight excluding hydrogens is 322 g/mol. The number of hydrogen-bond donors (Lipinski definition) is 2. The van der Waals surface area contributed by atoms with E-state index in [1.165, 1.54) is 4.68 Å². The molecule has 6 heteroatoms. The van der Waals surface area contributed by atoms with Crippen LogP contribution in [0.4, 0.5) is 5.69 Å². The van der Waals surface area contributed by atoms with E-state index in [1.54, 1.807) is 18.3 Å². The number of phenols is 1. The second-order valence-electron chi connectivity index (χ2n) is 4.42. The Balaban J connectivity index is 2.12. The molecule has 0 spiro atoms. The summed E-state index contributed by atoms with van der Waals surface area (Å²) in [7, 11) is 0. The maximum Gasteiger partial charge on any atom is 0.283 e. The first kappa shape index (κ1) is 14.6. The van der Waals surface area contributed by atoms with Crippen LogP contribution in [-0.4, -0.2) is 14.9 Å². The van der Waals surface area contributed by atoms with Crippen molar-refractivity contribution in [3.63, 3.8) is 0 Å². The van der Waals surface area contributed by atoms with Crippen LogP contribution in [0.1, 0.15) is 18.9 Å². The Labute approximate surface area is 125 Å². The van der Waals surface area contributed by atoms with Crippen molar-refractivity contribution in [2.45, 2.75) is 26.4 Å². The molecular formula is C14H16BrN3O2. The lowest BCUT2D eigenvalue weighted by Crippen LogP contribution is -2.24. The van der Waals surface area contributed by atoms with E-state index in [-0.39, 0.29) is 11.3 Å². The highest BCUT2D eigenvalue weighted by Crippen LogP contribution is 2.18. The number of benzene rings is 1. The smallest absolute Gasteiger partial charge is 0.283 e. The molecule has 0 bridgehead atoms. The van der Waals surface area contributed by atoms with Crippen LogP contribution in [0.2, 0.25) is 0 Å². The third-order valence-electron chi connectivity index (χ3n) is 2.84. The van der Waals surface area contributed by atoms with Crippen LogP contribution in [-0.2, 0) is 13.1 Å². The molecule has 0 saturated carbocycles. The zero-order chi connectivity index (χ0) is 14.5. The lowest BCUT2D eigenvalue weighted by atomic mass is 10.2. The summed E-state index contributed by atoms with van der Waals surface area (Å²) < 4.78 is 1.93. The predicted molar refractivity (Wildman–Crippen MR) is 81.9 cm³/mol. The number of aromatic nitrogens is 2. The van der Waals surface area contributed by atoms with Crippen molar-refractivity contribution < 1.29 is 5.11 Å². The van der Waals surface area contributed by atoms with E-state index in [9.17, 15) is 9.90 Å². The average molecular weight is 338 g/mol. The summed E-state index contributed by atoms with van der Waals surface area (Å²) in [5, 5.41) is 16.5. The van der Waals surface area contributed by atoms with Gasteiger partial charge in [0.15, 0.2) is 0 Å². The molecule has 0 radical (unpaired) electrons. The molecule has 5 nitrogen and oxygen atoms in total. The van der Waals surface area contributed by atoms with Gasteiger partial charge < -0.3 is 10.4 Å². The fourth-order valence-corrected chi connectivity index (χ4v) is 2.22. The van der Waals surface area contributed by atoms with Crippen molar-refractivity contribution >= 4 is 21.6 Å². The lowest BCUT2D eigenvalue weighted by Gasteiger charge is -2.10. The number of nitrogens with one attached hydrogen (secondary N) is 1. The highest BCUT2D eigenvalue weighted by molar-refractivity contribution is 9.10. The normalized spacial score (nSPS) is 10.5. The highest BCUT2D eigenvalue weighted by atomic mass is 79.9. The maximum atomic E-state index is 12.0. The summed E-state index contributed by atoms with van der Waals surface area (Å²) in [6, 6.07) is 6.90. The summed E-state index contributed by atoms with van der Waals surface area (Å²) in [5.41, 5.74) is 1.53. The van der Waals surface area contributed by atoms with Crippen LogP contribution in [0.15, 0.2) is 39.7 Å². The Morgan fingerprint density at radius 3 is 2.70 bits per heavy atom. The molecule has 0 aliphatic heterocycles. The zero-order valence-corrected chi connectivity index (χ0v) is 12.7. The van der Waals surface area contributed by atoms with Gasteiger partial charge in [0.2, 0.25) is 0 Å². The standard InChI is InChI=1S/C14H16BrN3O2/c1-2-7-18-14(20)13(15)12(9-17-18)16-8-10-3-5-11(19)6-4-10/h3-6,9,16,19H,2,7-8H2,1H3. The molecule has 1 aromatic carbocycles. The van der Waals surface area contributed by atoms with Gasteiger partial charge in [-0.2, -0.15) is 5.10 Å². The van der Waals surface area contributed by atoms with E-state index in [1.807, 2.05) is 19.1 Å². The molecule has 0 unspecified atom stereocenters. The van der Waals surface area contributed by atoms with Crippen LogP contribution in [0.3, 0.4) is 0 Å². The van der Waals surface area contributed by atoms with Gasteiger partial charge in [0.1, 0.15) is 10.2 Å². The van der Waals surface area contributed by atoms with Gasteiger partial charge in [0.25, 0.3) is 5.56 Å². The summed E-state index contributed by atoms with van der Waals surface area (Å²) in [6.45, 7) is 3.16. The molecule has 1 heterocycles. The summed E-state index contributed by atoms with van der Waals surface area (Å²) in [4.78, 5) is 12.0. The van der Waals surface area contributed by atoms with Crippen molar-refractivity contribution in [2.24, 2.45) is 0 Å². The van der Waals surface area contributed by atoms with Crippen molar-refractivity contribution in [1.29, 1.82) is 0 Å². The molecule has 0 amide bonds. The number of aromatic hydroxyl groups is 1. The van der Waals surface area contributed by atoms with Crippen LogP contribution in [0.25, 0.3) is 0 Å². The van der Waals surface area contributed by atoms with E-state index >= 15 is 0 Å². The highest BCUT2D eigenvalue weighted by Gasteiger charge is 2.08. The van der Waals surface area contributed by atoms with Gasteiger partial charge in [-0.05, 0) is 40.0 Å². The lowest BCUT2D eigenvalue weighted by molar-refractivity contribution is 0.475. The molecule has 0 saturated heterocycles. The van der Waals surface area contributed by atoms with Crippen molar-refractivity contribution in [3.05, 3.63) is 50.9 Å². The second-order valence-corrected chi connectivity index (χ2v) is 5.21. The van der Waals surface area contributed by atoms with Gasteiger partial charge in [-0.25, -0.2) is 4.68 Å². The Kier molecular flexibility index (Phi) is 4.79. The molecule has 1 aromatic heterocycles. The van der Waals surface area contributed by atoms with E-state index in [4.69, 9.17) is 0 Å². The monoisotopic (exact) mass is 337 g/mol. The van der Waals surface area contributed by atoms with Gasteiger partial charge in [0.05, 0.1) is 11.9 Å². The molecule has 0 fully saturated rings.